The van der Waals surface area contributed by atoms with Gasteiger partial charge in [0, 0.05) is 31.4 Å². The molecule has 0 saturated heterocycles. The van der Waals surface area contributed by atoms with Crippen LogP contribution in [-0.4, -0.2) is 24.6 Å². The topological polar surface area (TPSA) is 28.2 Å². The van der Waals surface area contributed by atoms with E-state index in [0.29, 0.717) is 17.9 Å². The average Bonchev–Trinajstić information content (AvgIpc) is 2.37. The monoisotopic (exact) mass is 277 g/mol. The lowest BCUT2D eigenvalue weighted by molar-refractivity contribution is 0.500. The Balaban J connectivity index is 2.73. The molecule has 0 aliphatic heterocycles. The van der Waals surface area contributed by atoms with Crippen LogP contribution in [-0.2, 0) is 6.54 Å². The van der Waals surface area contributed by atoms with Crippen LogP contribution in [0.2, 0.25) is 0 Å². The van der Waals surface area contributed by atoms with Gasteiger partial charge in [0.2, 0.25) is 0 Å². The molecule has 1 N–H and O–H groups in total. The highest BCUT2D eigenvalue weighted by atomic mass is 15.2. The minimum atomic E-state index is 0.508. The Morgan fingerprint density at radius 1 is 1.15 bits per heavy atom. The third-order valence-corrected chi connectivity index (χ3v) is 3.54. The van der Waals surface area contributed by atoms with Gasteiger partial charge in [0.25, 0.3) is 0 Å². The molecule has 1 heterocycles. The van der Waals surface area contributed by atoms with Crippen LogP contribution >= 0.6 is 0 Å². The fourth-order valence-electron chi connectivity index (χ4n) is 2.43. The molecule has 3 heteroatoms. The number of hydrogen-bond acceptors (Lipinski definition) is 3. The van der Waals surface area contributed by atoms with Gasteiger partial charge in [0.1, 0.15) is 5.82 Å². The van der Waals surface area contributed by atoms with Gasteiger partial charge in [-0.05, 0) is 37.8 Å². The molecule has 0 saturated carbocycles. The van der Waals surface area contributed by atoms with Gasteiger partial charge in [-0.3, -0.25) is 0 Å². The van der Waals surface area contributed by atoms with Gasteiger partial charge in [-0.2, -0.15) is 0 Å². The molecule has 1 rings (SSSR count). The predicted molar refractivity (Wildman–Crippen MR) is 88.1 cm³/mol. The summed E-state index contributed by atoms with van der Waals surface area (Å²) in [6, 6.07) is 4.71. The van der Waals surface area contributed by atoms with E-state index in [0.717, 1.165) is 18.9 Å². The first-order valence-corrected chi connectivity index (χ1v) is 7.79. The van der Waals surface area contributed by atoms with Gasteiger partial charge < -0.3 is 10.2 Å². The van der Waals surface area contributed by atoms with E-state index in [1.807, 2.05) is 12.3 Å². The van der Waals surface area contributed by atoms with Gasteiger partial charge in [0.05, 0.1) is 0 Å². The first kappa shape index (κ1) is 17.0. The second kappa shape index (κ2) is 8.25. The van der Waals surface area contributed by atoms with Crippen molar-refractivity contribution in [1.82, 2.24) is 10.3 Å². The van der Waals surface area contributed by atoms with Crippen LogP contribution in [0.15, 0.2) is 18.3 Å². The van der Waals surface area contributed by atoms with E-state index in [4.69, 9.17) is 0 Å². The number of nitrogens with zero attached hydrogens (tertiary/aromatic N) is 2. The van der Waals surface area contributed by atoms with Crippen molar-refractivity contribution in [3.05, 3.63) is 23.9 Å². The molecule has 0 bridgehead atoms. The van der Waals surface area contributed by atoms with Crippen LogP contribution in [0.5, 0.6) is 0 Å². The summed E-state index contributed by atoms with van der Waals surface area (Å²) in [6.45, 7) is 13.2. The molecule has 1 aromatic rings. The molecule has 0 aliphatic rings. The summed E-state index contributed by atoms with van der Waals surface area (Å²) >= 11 is 0. The normalized spacial score (nSPS) is 13.0. The molecular weight excluding hydrogens is 246 g/mol. The zero-order valence-corrected chi connectivity index (χ0v) is 14.0. The molecule has 0 radical (unpaired) electrons. The zero-order chi connectivity index (χ0) is 15.1. The second-order valence-electron chi connectivity index (χ2n) is 6.60. The van der Waals surface area contributed by atoms with Crippen molar-refractivity contribution in [2.75, 3.05) is 18.5 Å². The molecule has 20 heavy (non-hydrogen) atoms. The molecule has 3 nitrogen and oxygen atoms in total. The molecule has 1 unspecified atom stereocenters. The minimum Gasteiger partial charge on any atom is -0.357 e. The van der Waals surface area contributed by atoms with Crippen LogP contribution in [0.25, 0.3) is 0 Å². The summed E-state index contributed by atoms with van der Waals surface area (Å²) in [6.07, 6.45) is 3.08. The van der Waals surface area contributed by atoms with Crippen molar-refractivity contribution in [1.29, 1.82) is 0 Å². The highest BCUT2D eigenvalue weighted by Gasteiger charge is 2.15. The number of hydrogen-bond donors (Lipinski definition) is 1. The molecule has 0 aliphatic carbocycles. The molecule has 1 aromatic heterocycles. The van der Waals surface area contributed by atoms with Crippen molar-refractivity contribution in [2.45, 2.75) is 53.6 Å². The lowest BCUT2D eigenvalue weighted by Crippen LogP contribution is -2.32. The quantitative estimate of drug-likeness (QED) is 0.785. The van der Waals surface area contributed by atoms with E-state index in [2.05, 4.69) is 62.9 Å². The zero-order valence-electron chi connectivity index (χ0n) is 14.0. The lowest BCUT2D eigenvalue weighted by atomic mass is 10.0. The Kier molecular flexibility index (Phi) is 7.00. The first-order chi connectivity index (χ1) is 9.41. The molecule has 1 atom stereocenters. The Labute approximate surface area is 124 Å². The van der Waals surface area contributed by atoms with Crippen LogP contribution in [0.3, 0.4) is 0 Å². The summed E-state index contributed by atoms with van der Waals surface area (Å²) < 4.78 is 0. The van der Waals surface area contributed by atoms with Crippen molar-refractivity contribution in [3.63, 3.8) is 0 Å². The third kappa shape index (κ3) is 5.49. The fourth-order valence-corrected chi connectivity index (χ4v) is 2.43. The van der Waals surface area contributed by atoms with E-state index in [1.165, 1.54) is 12.0 Å². The van der Waals surface area contributed by atoms with E-state index < -0.39 is 0 Å². The maximum Gasteiger partial charge on any atom is 0.132 e. The molecule has 0 amide bonds. The van der Waals surface area contributed by atoms with Crippen LogP contribution in [0.1, 0.15) is 46.6 Å². The van der Waals surface area contributed by atoms with E-state index >= 15 is 0 Å². The summed E-state index contributed by atoms with van der Waals surface area (Å²) in [4.78, 5) is 6.90. The smallest absolute Gasteiger partial charge is 0.132 e. The van der Waals surface area contributed by atoms with Crippen LogP contribution < -0.4 is 10.2 Å². The third-order valence-electron chi connectivity index (χ3n) is 3.54. The molecule has 0 spiro atoms. The molecular formula is C17H31N3. The van der Waals surface area contributed by atoms with Crippen molar-refractivity contribution >= 4 is 5.82 Å². The molecule has 0 aromatic carbocycles. The minimum absolute atomic E-state index is 0.508. The van der Waals surface area contributed by atoms with Crippen molar-refractivity contribution < 1.29 is 0 Å². The standard InChI is InChI=1S/C17H31N3/c1-13(2)10-15(5)20(6)17-16(8-7-9-19-17)12-18-11-14(3)4/h7-9,13-15,18H,10-12H2,1-6H3. The van der Waals surface area contributed by atoms with Gasteiger partial charge in [-0.15, -0.1) is 0 Å². The summed E-state index contributed by atoms with van der Waals surface area (Å²) in [7, 11) is 2.15. The van der Waals surface area contributed by atoms with Crippen molar-refractivity contribution in [3.8, 4) is 0 Å². The van der Waals surface area contributed by atoms with Gasteiger partial charge >= 0.3 is 0 Å². The van der Waals surface area contributed by atoms with Crippen LogP contribution in [0.4, 0.5) is 5.82 Å². The first-order valence-electron chi connectivity index (χ1n) is 7.79. The van der Waals surface area contributed by atoms with E-state index in [9.17, 15) is 0 Å². The predicted octanol–water partition coefficient (Wildman–Crippen LogP) is 3.70. The Bertz CT molecular complexity index is 388. The van der Waals surface area contributed by atoms with Crippen molar-refractivity contribution in [2.24, 2.45) is 11.8 Å². The van der Waals surface area contributed by atoms with Crippen LogP contribution in [0, 0.1) is 11.8 Å². The largest absolute Gasteiger partial charge is 0.357 e. The SMILES string of the molecule is CC(C)CNCc1cccnc1N(C)C(C)CC(C)C. The average molecular weight is 277 g/mol. The maximum atomic E-state index is 4.59. The highest BCUT2D eigenvalue weighted by molar-refractivity contribution is 5.46. The van der Waals surface area contributed by atoms with E-state index in [1.54, 1.807) is 0 Å². The number of pyridine rings is 1. The second-order valence-corrected chi connectivity index (χ2v) is 6.60. The Morgan fingerprint density at radius 2 is 1.85 bits per heavy atom. The Hall–Kier alpha value is -1.09. The maximum absolute atomic E-state index is 4.59. The number of rotatable bonds is 8. The van der Waals surface area contributed by atoms with Gasteiger partial charge in [0.15, 0.2) is 0 Å². The molecule has 114 valence electrons. The number of aromatic nitrogens is 1. The Morgan fingerprint density at radius 3 is 2.45 bits per heavy atom. The summed E-state index contributed by atoms with van der Waals surface area (Å²) in [5, 5.41) is 3.51. The number of nitrogens with one attached hydrogen (secondary N) is 1. The highest BCUT2D eigenvalue weighted by Crippen LogP contribution is 2.20. The van der Waals surface area contributed by atoms with Gasteiger partial charge in [-0.25, -0.2) is 4.98 Å². The molecule has 0 fully saturated rings. The number of anilines is 1. The van der Waals surface area contributed by atoms with E-state index in [-0.39, 0.29) is 0 Å². The summed E-state index contributed by atoms with van der Waals surface area (Å²) in [5.74, 6) is 2.49. The lowest BCUT2D eigenvalue weighted by Gasteiger charge is -2.29. The summed E-state index contributed by atoms with van der Waals surface area (Å²) in [5.41, 5.74) is 1.28. The van der Waals surface area contributed by atoms with Gasteiger partial charge in [-0.1, -0.05) is 33.8 Å². The fraction of sp³-hybridized carbons (Fsp3) is 0.706.